The third-order valence-corrected chi connectivity index (χ3v) is 4.90. The number of hydrogen-bond acceptors (Lipinski definition) is 6. The van der Waals surface area contributed by atoms with Crippen LogP contribution in [0.25, 0.3) is 0 Å². The highest BCUT2D eigenvalue weighted by Crippen LogP contribution is 2.27. The van der Waals surface area contributed by atoms with E-state index in [1.165, 1.54) is 0 Å². The lowest BCUT2D eigenvalue weighted by molar-refractivity contribution is -0.131. The van der Waals surface area contributed by atoms with E-state index in [4.69, 9.17) is 9.47 Å². The Hall–Kier alpha value is -2.80. The van der Waals surface area contributed by atoms with Crippen molar-refractivity contribution >= 4 is 11.7 Å². The summed E-state index contributed by atoms with van der Waals surface area (Å²) >= 11 is 0. The number of piperazine rings is 1. The van der Waals surface area contributed by atoms with E-state index in [-0.39, 0.29) is 5.91 Å². The lowest BCUT2D eigenvalue weighted by Crippen LogP contribution is -2.49. The molecule has 150 valence electrons. The highest BCUT2D eigenvalue weighted by atomic mass is 16.5. The first kappa shape index (κ1) is 19.9. The number of rotatable bonds is 8. The SMILES string of the molecule is COc1ccc(CNCCC(=O)N2CCN(c3ccccn3)CC2)cc1OC. The van der Waals surface area contributed by atoms with Gasteiger partial charge in [-0.25, -0.2) is 4.98 Å². The third kappa shape index (κ3) is 5.13. The van der Waals surface area contributed by atoms with E-state index in [2.05, 4.69) is 15.2 Å². The standard InChI is InChI=1S/C21H28N4O3/c1-27-18-7-6-17(15-19(18)28-2)16-22-10-8-21(26)25-13-11-24(12-14-25)20-5-3-4-9-23-20/h3-7,9,15,22H,8,10-14,16H2,1-2H3. The largest absolute Gasteiger partial charge is 0.493 e. The fraction of sp³-hybridized carbons (Fsp3) is 0.429. The van der Waals surface area contributed by atoms with E-state index in [0.29, 0.717) is 31.0 Å². The van der Waals surface area contributed by atoms with Crippen molar-refractivity contribution in [3.05, 3.63) is 48.2 Å². The summed E-state index contributed by atoms with van der Waals surface area (Å²) in [6.45, 7) is 4.45. The minimum absolute atomic E-state index is 0.195. The fourth-order valence-corrected chi connectivity index (χ4v) is 3.30. The van der Waals surface area contributed by atoms with Crippen LogP contribution < -0.4 is 19.7 Å². The Morgan fingerprint density at radius 1 is 1.07 bits per heavy atom. The summed E-state index contributed by atoms with van der Waals surface area (Å²) in [5, 5.41) is 3.33. The molecule has 7 heteroatoms. The Morgan fingerprint density at radius 3 is 2.54 bits per heavy atom. The second-order valence-corrected chi connectivity index (χ2v) is 6.67. The highest BCUT2D eigenvalue weighted by molar-refractivity contribution is 5.76. The average Bonchev–Trinajstić information content (AvgIpc) is 2.77. The van der Waals surface area contributed by atoms with Crippen molar-refractivity contribution in [3.8, 4) is 11.5 Å². The molecule has 1 amide bonds. The average molecular weight is 384 g/mol. The summed E-state index contributed by atoms with van der Waals surface area (Å²) in [6, 6.07) is 11.7. The van der Waals surface area contributed by atoms with Crippen molar-refractivity contribution in [2.75, 3.05) is 51.8 Å². The molecule has 0 spiro atoms. The van der Waals surface area contributed by atoms with E-state index in [0.717, 1.165) is 37.6 Å². The van der Waals surface area contributed by atoms with Gasteiger partial charge in [0, 0.05) is 51.9 Å². The number of aromatic nitrogens is 1. The molecule has 1 N–H and O–H groups in total. The van der Waals surface area contributed by atoms with Crippen LogP contribution in [0.5, 0.6) is 11.5 Å². The van der Waals surface area contributed by atoms with E-state index in [1.807, 2.05) is 41.3 Å². The number of ether oxygens (including phenoxy) is 2. The maximum atomic E-state index is 12.5. The van der Waals surface area contributed by atoms with Gasteiger partial charge in [-0.15, -0.1) is 0 Å². The molecule has 0 aliphatic carbocycles. The zero-order valence-corrected chi connectivity index (χ0v) is 16.6. The Balaban J connectivity index is 1.38. The molecule has 1 fully saturated rings. The van der Waals surface area contributed by atoms with Crippen LogP contribution in [-0.4, -0.2) is 62.7 Å². The summed E-state index contributed by atoms with van der Waals surface area (Å²) < 4.78 is 10.6. The molecule has 1 aliphatic heterocycles. The van der Waals surface area contributed by atoms with Gasteiger partial charge in [-0.05, 0) is 29.8 Å². The van der Waals surface area contributed by atoms with Gasteiger partial charge in [0.05, 0.1) is 14.2 Å². The number of carbonyl (C=O) groups excluding carboxylic acids is 1. The molecule has 1 aliphatic rings. The molecule has 2 aromatic rings. The Morgan fingerprint density at radius 2 is 1.86 bits per heavy atom. The molecule has 2 heterocycles. The topological polar surface area (TPSA) is 66.9 Å². The van der Waals surface area contributed by atoms with Crippen LogP contribution in [0.4, 0.5) is 5.82 Å². The smallest absolute Gasteiger partial charge is 0.223 e. The first-order chi connectivity index (χ1) is 13.7. The maximum Gasteiger partial charge on any atom is 0.223 e. The molecular formula is C21H28N4O3. The van der Waals surface area contributed by atoms with Gasteiger partial charge in [0.1, 0.15) is 5.82 Å². The van der Waals surface area contributed by atoms with Crippen LogP contribution in [0.15, 0.2) is 42.6 Å². The normalized spacial score (nSPS) is 14.1. The molecule has 0 unspecified atom stereocenters. The summed E-state index contributed by atoms with van der Waals surface area (Å²) in [6.07, 6.45) is 2.30. The predicted octanol–water partition coefficient (Wildman–Crippen LogP) is 1.93. The van der Waals surface area contributed by atoms with E-state index < -0.39 is 0 Å². The van der Waals surface area contributed by atoms with Crippen molar-refractivity contribution in [2.24, 2.45) is 0 Å². The summed E-state index contributed by atoms with van der Waals surface area (Å²) in [7, 11) is 3.25. The number of benzene rings is 1. The lowest BCUT2D eigenvalue weighted by Gasteiger charge is -2.35. The molecule has 1 aromatic heterocycles. The summed E-state index contributed by atoms with van der Waals surface area (Å²) in [5.41, 5.74) is 1.09. The molecule has 0 radical (unpaired) electrons. The number of carbonyl (C=O) groups is 1. The van der Waals surface area contributed by atoms with Crippen molar-refractivity contribution < 1.29 is 14.3 Å². The Kier molecular flexibility index (Phi) is 7.08. The van der Waals surface area contributed by atoms with Crippen LogP contribution in [0, 0.1) is 0 Å². The molecular weight excluding hydrogens is 356 g/mol. The lowest BCUT2D eigenvalue weighted by atomic mass is 10.2. The van der Waals surface area contributed by atoms with E-state index in [1.54, 1.807) is 20.4 Å². The minimum Gasteiger partial charge on any atom is -0.493 e. The number of hydrogen-bond donors (Lipinski definition) is 1. The first-order valence-corrected chi connectivity index (χ1v) is 9.56. The molecule has 1 saturated heterocycles. The Labute approximate surface area is 166 Å². The van der Waals surface area contributed by atoms with Crippen molar-refractivity contribution in [2.45, 2.75) is 13.0 Å². The summed E-state index contributed by atoms with van der Waals surface area (Å²) in [4.78, 5) is 21.0. The van der Waals surface area contributed by atoms with Gasteiger partial charge in [0.2, 0.25) is 5.91 Å². The van der Waals surface area contributed by atoms with Gasteiger partial charge in [0.25, 0.3) is 0 Å². The number of anilines is 1. The predicted molar refractivity (Wildman–Crippen MR) is 109 cm³/mol. The van der Waals surface area contributed by atoms with Crippen molar-refractivity contribution in [1.29, 1.82) is 0 Å². The van der Waals surface area contributed by atoms with Gasteiger partial charge in [-0.2, -0.15) is 0 Å². The summed E-state index contributed by atoms with van der Waals surface area (Å²) in [5.74, 6) is 2.60. The van der Waals surface area contributed by atoms with Gasteiger partial charge in [-0.1, -0.05) is 12.1 Å². The molecule has 28 heavy (non-hydrogen) atoms. The number of amides is 1. The number of methoxy groups -OCH3 is 2. The number of nitrogens with one attached hydrogen (secondary N) is 1. The molecule has 7 nitrogen and oxygen atoms in total. The van der Waals surface area contributed by atoms with Crippen LogP contribution >= 0.6 is 0 Å². The van der Waals surface area contributed by atoms with Crippen LogP contribution in [0.3, 0.4) is 0 Å². The van der Waals surface area contributed by atoms with Crippen molar-refractivity contribution in [3.63, 3.8) is 0 Å². The van der Waals surface area contributed by atoms with E-state index >= 15 is 0 Å². The zero-order valence-electron chi connectivity index (χ0n) is 16.6. The number of pyridine rings is 1. The van der Waals surface area contributed by atoms with Crippen LogP contribution in [0.1, 0.15) is 12.0 Å². The zero-order chi connectivity index (χ0) is 19.8. The van der Waals surface area contributed by atoms with Gasteiger partial charge < -0.3 is 24.6 Å². The highest BCUT2D eigenvalue weighted by Gasteiger charge is 2.21. The molecule has 3 rings (SSSR count). The monoisotopic (exact) mass is 384 g/mol. The van der Waals surface area contributed by atoms with Gasteiger partial charge in [-0.3, -0.25) is 4.79 Å². The third-order valence-electron chi connectivity index (χ3n) is 4.90. The fourth-order valence-electron chi connectivity index (χ4n) is 3.30. The van der Waals surface area contributed by atoms with E-state index in [9.17, 15) is 4.79 Å². The molecule has 0 saturated carbocycles. The molecule has 1 aromatic carbocycles. The van der Waals surface area contributed by atoms with Crippen LogP contribution in [0.2, 0.25) is 0 Å². The first-order valence-electron chi connectivity index (χ1n) is 9.56. The minimum atomic E-state index is 0.195. The van der Waals surface area contributed by atoms with Gasteiger partial charge in [0.15, 0.2) is 11.5 Å². The second-order valence-electron chi connectivity index (χ2n) is 6.67. The molecule has 0 bridgehead atoms. The van der Waals surface area contributed by atoms with Crippen molar-refractivity contribution in [1.82, 2.24) is 15.2 Å². The van der Waals surface area contributed by atoms with Gasteiger partial charge >= 0.3 is 0 Å². The Bertz CT molecular complexity index is 762. The maximum absolute atomic E-state index is 12.5. The number of nitrogens with zero attached hydrogens (tertiary/aromatic N) is 3. The quantitative estimate of drug-likeness (QED) is 0.702. The van der Waals surface area contributed by atoms with Crippen LogP contribution in [-0.2, 0) is 11.3 Å². The second kappa shape index (κ2) is 9.94. The molecule has 0 atom stereocenters.